The minimum atomic E-state index is -3.91. The van der Waals surface area contributed by atoms with E-state index < -0.39 is 16.1 Å². The smallest absolute Gasteiger partial charge is 0.267 e. The van der Waals surface area contributed by atoms with Crippen LogP contribution in [0.2, 0.25) is 0 Å². The van der Waals surface area contributed by atoms with Crippen molar-refractivity contribution in [1.82, 2.24) is 4.31 Å². The number of anilines is 1. The van der Waals surface area contributed by atoms with Crippen LogP contribution in [0.5, 0.6) is 0 Å². The van der Waals surface area contributed by atoms with Crippen molar-refractivity contribution in [1.29, 1.82) is 0 Å². The van der Waals surface area contributed by atoms with Crippen LogP contribution >= 0.6 is 11.3 Å². The molecule has 2 heterocycles. The predicted octanol–water partition coefficient (Wildman–Crippen LogP) is 3.73. The first-order chi connectivity index (χ1) is 12.0. The summed E-state index contributed by atoms with van der Waals surface area (Å²) in [5, 5.41) is 0. The van der Waals surface area contributed by atoms with Gasteiger partial charge in [-0.25, -0.2) is 4.31 Å². The number of benzene rings is 2. The molecule has 0 unspecified atom stereocenters. The van der Waals surface area contributed by atoms with Crippen molar-refractivity contribution in [3.05, 3.63) is 77.2 Å². The van der Waals surface area contributed by atoms with Crippen molar-refractivity contribution in [2.45, 2.75) is 6.54 Å². The summed E-state index contributed by atoms with van der Waals surface area (Å²) >= 11 is 1.29. The molecular formula is C18H14N2O3S2. The number of hydrogen-bond acceptors (Lipinski definition) is 4. The van der Waals surface area contributed by atoms with Crippen LogP contribution in [-0.4, -0.2) is 18.6 Å². The maximum absolute atomic E-state index is 12.8. The molecule has 0 spiro atoms. The van der Waals surface area contributed by atoms with E-state index in [4.69, 9.17) is 0 Å². The van der Waals surface area contributed by atoms with Gasteiger partial charge in [0.15, 0.2) is 0 Å². The lowest BCUT2D eigenvalue weighted by Crippen LogP contribution is -2.43. The van der Waals surface area contributed by atoms with Gasteiger partial charge in [0.25, 0.3) is 5.91 Å². The highest BCUT2D eigenvalue weighted by atomic mass is 32.2. The number of rotatable bonds is 3. The van der Waals surface area contributed by atoms with Crippen LogP contribution < -0.4 is 4.72 Å². The molecule has 0 fully saturated rings. The van der Waals surface area contributed by atoms with Crippen molar-refractivity contribution in [2.24, 2.45) is 0 Å². The van der Waals surface area contributed by atoms with Crippen LogP contribution in [0, 0.1) is 0 Å². The fourth-order valence-electron chi connectivity index (χ4n) is 2.69. The van der Waals surface area contributed by atoms with Gasteiger partial charge in [0.1, 0.15) is 4.88 Å². The van der Waals surface area contributed by atoms with Gasteiger partial charge in [-0.15, -0.1) is 11.3 Å². The monoisotopic (exact) mass is 370 g/mol. The molecule has 1 amide bonds. The highest BCUT2D eigenvalue weighted by molar-refractivity contribution is 7.91. The molecule has 7 heteroatoms. The molecule has 2 aromatic carbocycles. The molecule has 5 nitrogen and oxygen atoms in total. The number of nitrogens with one attached hydrogen (secondary N) is 1. The van der Waals surface area contributed by atoms with Gasteiger partial charge in [0.2, 0.25) is 0 Å². The zero-order chi connectivity index (χ0) is 17.4. The van der Waals surface area contributed by atoms with Crippen molar-refractivity contribution in [3.8, 4) is 10.4 Å². The molecular weight excluding hydrogens is 356 g/mol. The third-order valence-electron chi connectivity index (χ3n) is 3.91. The van der Waals surface area contributed by atoms with Crippen LogP contribution in [0.4, 0.5) is 5.69 Å². The highest BCUT2D eigenvalue weighted by Gasteiger charge is 2.37. The number of nitrogens with zero attached hydrogens (tertiary/aromatic N) is 1. The van der Waals surface area contributed by atoms with E-state index in [9.17, 15) is 13.2 Å². The molecule has 0 bridgehead atoms. The maximum Gasteiger partial charge on any atom is 0.326 e. The van der Waals surface area contributed by atoms with E-state index in [1.54, 1.807) is 18.2 Å². The lowest BCUT2D eigenvalue weighted by Gasteiger charge is -2.27. The van der Waals surface area contributed by atoms with Crippen molar-refractivity contribution in [2.75, 3.05) is 4.72 Å². The number of carbonyl (C=O) groups is 1. The molecule has 25 heavy (non-hydrogen) atoms. The molecule has 0 aliphatic carbocycles. The first kappa shape index (κ1) is 15.9. The van der Waals surface area contributed by atoms with Crippen LogP contribution in [0.3, 0.4) is 0 Å². The van der Waals surface area contributed by atoms with Gasteiger partial charge in [-0.2, -0.15) is 8.42 Å². The van der Waals surface area contributed by atoms with E-state index in [2.05, 4.69) is 4.72 Å². The molecule has 1 aliphatic heterocycles. The Morgan fingerprint density at radius 1 is 0.960 bits per heavy atom. The minimum Gasteiger partial charge on any atom is -0.267 e. The van der Waals surface area contributed by atoms with E-state index in [0.717, 1.165) is 20.3 Å². The number of carbonyl (C=O) groups excluding carboxylic acids is 1. The van der Waals surface area contributed by atoms with Crippen molar-refractivity contribution < 1.29 is 13.2 Å². The van der Waals surface area contributed by atoms with E-state index in [0.29, 0.717) is 10.6 Å². The topological polar surface area (TPSA) is 66.5 Å². The third-order valence-corrected chi connectivity index (χ3v) is 6.43. The molecule has 0 saturated heterocycles. The predicted molar refractivity (Wildman–Crippen MR) is 98.6 cm³/mol. The van der Waals surface area contributed by atoms with Gasteiger partial charge in [0.05, 0.1) is 12.2 Å². The Balaban J connectivity index is 1.73. The molecule has 0 radical (unpaired) electrons. The van der Waals surface area contributed by atoms with Gasteiger partial charge < -0.3 is 0 Å². The van der Waals surface area contributed by atoms with Gasteiger partial charge in [-0.1, -0.05) is 60.7 Å². The average molecular weight is 370 g/mol. The maximum atomic E-state index is 12.8. The molecule has 1 aliphatic rings. The van der Waals surface area contributed by atoms with Crippen LogP contribution in [0.1, 0.15) is 15.2 Å². The van der Waals surface area contributed by atoms with Gasteiger partial charge in [0, 0.05) is 4.88 Å². The summed E-state index contributed by atoms with van der Waals surface area (Å²) in [6.45, 7) is 0.00696. The number of thiophene rings is 1. The zero-order valence-corrected chi connectivity index (χ0v) is 14.7. The normalized spacial score (nSPS) is 15.5. The summed E-state index contributed by atoms with van der Waals surface area (Å²) in [5.74, 6) is -0.496. The number of hydrogen-bond donors (Lipinski definition) is 1. The Morgan fingerprint density at radius 2 is 1.60 bits per heavy atom. The highest BCUT2D eigenvalue weighted by Crippen LogP contribution is 2.39. The summed E-state index contributed by atoms with van der Waals surface area (Å²) in [7, 11) is -3.91. The second kappa shape index (κ2) is 6.02. The van der Waals surface area contributed by atoms with E-state index in [1.165, 1.54) is 11.3 Å². The lowest BCUT2D eigenvalue weighted by molar-refractivity contribution is 0.0858. The fraction of sp³-hybridized carbons (Fsp3) is 0.0556. The standard InChI is InChI=1S/C18H14N2O3S2/c21-18-17-15(11-16(24-17)14-9-5-2-6-10-14)19-25(22,23)20(18)12-13-7-3-1-4-8-13/h1-11,19H,12H2. The molecule has 3 aromatic rings. The molecule has 0 saturated carbocycles. The Labute approximate surface area is 149 Å². The summed E-state index contributed by atoms with van der Waals surface area (Å²) in [5.41, 5.74) is 2.05. The summed E-state index contributed by atoms with van der Waals surface area (Å²) < 4.78 is 28.4. The third kappa shape index (κ3) is 2.92. The average Bonchev–Trinajstić information content (AvgIpc) is 3.03. The Bertz CT molecular complexity index is 1030. The summed E-state index contributed by atoms with van der Waals surface area (Å²) in [6, 6.07) is 20.3. The van der Waals surface area contributed by atoms with E-state index in [-0.39, 0.29) is 6.54 Å². The number of amides is 1. The van der Waals surface area contributed by atoms with Crippen LogP contribution in [0.25, 0.3) is 10.4 Å². The first-order valence-corrected chi connectivity index (χ1v) is 9.88. The minimum absolute atomic E-state index is 0.00696. The van der Waals surface area contributed by atoms with Gasteiger partial charge in [-0.05, 0) is 17.2 Å². The molecule has 126 valence electrons. The first-order valence-electron chi connectivity index (χ1n) is 7.62. The molecule has 1 N–H and O–H groups in total. The summed E-state index contributed by atoms with van der Waals surface area (Å²) in [4.78, 5) is 14.1. The summed E-state index contributed by atoms with van der Waals surface area (Å²) in [6.07, 6.45) is 0. The van der Waals surface area contributed by atoms with E-state index in [1.807, 2.05) is 48.5 Å². The second-order valence-corrected chi connectivity index (χ2v) is 8.27. The van der Waals surface area contributed by atoms with Crippen LogP contribution in [-0.2, 0) is 16.8 Å². The zero-order valence-electron chi connectivity index (χ0n) is 13.0. The molecule has 1 aromatic heterocycles. The van der Waals surface area contributed by atoms with Crippen LogP contribution in [0.15, 0.2) is 66.7 Å². The Morgan fingerprint density at radius 3 is 2.28 bits per heavy atom. The van der Waals surface area contributed by atoms with Gasteiger partial charge in [-0.3, -0.25) is 9.52 Å². The largest absolute Gasteiger partial charge is 0.326 e. The van der Waals surface area contributed by atoms with Crippen molar-refractivity contribution in [3.63, 3.8) is 0 Å². The quantitative estimate of drug-likeness (QED) is 0.764. The number of fused-ring (bicyclic) bond motifs is 1. The second-order valence-electron chi connectivity index (χ2n) is 5.62. The molecule has 0 atom stereocenters. The fourth-order valence-corrected chi connectivity index (χ4v) is 5.06. The molecule has 4 rings (SSSR count). The van der Waals surface area contributed by atoms with E-state index >= 15 is 0 Å². The van der Waals surface area contributed by atoms with Crippen molar-refractivity contribution >= 4 is 33.1 Å². The Hall–Kier alpha value is -2.64. The Kier molecular flexibility index (Phi) is 3.82. The lowest BCUT2D eigenvalue weighted by atomic mass is 10.2. The van der Waals surface area contributed by atoms with Gasteiger partial charge >= 0.3 is 10.2 Å². The SMILES string of the molecule is O=C1c2sc(-c3ccccc3)cc2NS(=O)(=O)N1Cc1ccccc1.